The van der Waals surface area contributed by atoms with Crippen molar-refractivity contribution in [2.24, 2.45) is 0 Å². The molecular weight excluding hydrogens is 264 g/mol. The van der Waals surface area contributed by atoms with Gasteiger partial charge < -0.3 is 25.2 Å². The molecule has 0 aliphatic carbocycles. The second kappa shape index (κ2) is 8.76. The molecule has 1 fully saturated rings. The molecule has 7 heteroatoms. The Morgan fingerprint density at radius 2 is 2.25 bits per heavy atom. The highest BCUT2D eigenvalue weighted by molar-refractivity contribution is 5.74. The molecule has 0 aromatic carbocycles. The lowest BCUT2D eigenvalue weighted by Gasteiger charge is -2.32. The summed E-state index contributed by atoms with van der Waals surface area (Å²) in [5.41, 5.74) is 0. The average molecular weight is 288 g/mol. The zero-order chi connectivity index (χ0) is 15.0. The van der Waals surface area contributed by atoms with Crippen molar-refractivity contribution in [2.75, 3.05) is 26.2 Å². The highest BCUT2D eigenvalue weighted by Gasteiger charge is 2.24. The number of carboxylic acids is 1. The maximum Gasteiger partial charge on any atom is 0.332 e. The number of nitrogens with one attached hydrogen (secondary N) is 1. The maximum absolute atomic E-state index is 11.9. The fourth-order valence-corrected chi connectivity index (χ4v) is 2.09. The summed E-state index contributed by atoms with van der Waals surface area (Å²) in [6.07, 6.45) is 1.47. The van der Waals surface area contributed by atoms with Crippen molar-refractivity contribution in [2.45, 2.75) is 44.8 Å². The van der Waals surface area contributed by atoms with Gasteiger partial charge in [0.2, 0.25) is 0 Å². The van der Waals surface area contributed by atoms with Crippen molar-refractivity contribution >= 4 is 12.0 Å². The van der Waals surface area contributed by atoms with Crippen molar-refractivity contribution < 1.29 is 24.5 Å². The first-order valence-corrected chi connectivity index (χ1v) is 7.09. The summed E-state index contributed by atoms with van der Waals surface area (Å²) in [5, 5.41) is 20.3. The Kier molecular flexibility index (Phi) is 7.32. The average Bonchev–Trinajstić information content (AvgIpc) is 2.45. The van der Waals surface area contributed by atoms with Gasteiger partial charge in [0.05, 0.1) is 6.10 Å². The van der Waals surface area contributed by atoms with Crippen LogP contribution in [0.2, 0.25) is 0 Å². The number of aliphatic hydroxyl groups is 1. The van der Waals surface area contributed by atoms with Gasteiger partial charge in [-0.15, -0.1) is 0 Å². The van der Waals surface area contributed by atoms with E-state index in [0.29, 0.717) is 19.7 Å². The van der Waals surface area contributed by atoms with Crippen LogP contribution in [0.4, 0.5) is 4.79 Å². The second-order valence-electron chi connectivity index (χ2n) is 4.96. The molecule has 0 aromatic heterocycles. The number of hydrogen-bond donors (Lipinski definition) is 3. The largest absolute Gasteiger partial charge is 0.479 e. The van der Waals surface area contributed by atoms with Crippen molar-refractivity contribution in [3.05, 3.63) is 0 Å². The van der Waals surface area contributed by atoms with Crippen molar-refractivity contribution in [3.63, 3.8) is 0 Å². The normalized spacial score (nSPS) is 20.5. The van der Waals surface area contributed by atoms with E-state index >= 15 is 0 Å². The number of aliphatic hydroxyl groups excluding tert-OH is 1. The SMILES string of the molecule is CCCOC1CCCN(C(=O)NCC[C@H](O)C(=O)O)C1. The molecule has 0 bridgehead atoms. The van der Waals surface area contributed by atoms with Crippen molar-refractivity contribution in [1.29, 1.82) is 0 Å². The van der Waals surface area contributed by atoms with E-state index in [-0.39, 0.29) is 25.1 Å². The fraction of sp³-hybridized carbons (Fsp3) is 0.846. The molecule has 1 aliphatic heterocycles. The monoisotopic (exact) mass is 288 g/mol. The number of nitrogens with zero attached hydrogens (tertiary/aromatic N) is 1. The summed E-state index contributed by atoms with van der Waals surface area (Å²) in [5.74, 6) is -1.27. The van der Waals surface area contributed by atoms with Gasteiger partial charge in [-0.3, -0.25) is 0 Å². The Bertz CT molecular complexity index is 324. The van der Waals surface area contributed by atoms with Gasteiger partial charge in [-0.2, -0.15) is 0 Å². The number of carbonyl (C=O) groups is 2. The van der Waals surface area contributed by atoms with Crippen LogP contribution in [0.1, 0.15) is 32.6 Å². The van der Waals surface area contributed by atoms with E-state index in [2.05, 4.69) is 5.32 Å². The summed E-state index contributed by atoms with van der Waals surface area (Å²) >= 11 is 0. The molecule has 2 amide bonds. The van der Waals surface area contributed by atoms with E-state index in [1.165, 1.54) is 0 Å². The molecule has 20 heavy (non-hydrogen) atoms. The quantitative estimate of drug-likeness (QED) is 0.630. The molecule has 3 N–H and O–H groups in total. The van der Waals surface area contributed by atoms with E-state index < -0.39 is 12.1 Å². The molecule has 0 aromatic rings. The van der Waals surface area contributed by atoms with Crippen LogP contribution in [0.5, 0.6) is 0 Å². The van der Waals surface area contributed by atoms with E-state index in [0.717, 1.165) is 19.3 Å². The summed E-state index contributed by atoms with van der Waals surface area (Å²) < 4.78 is 5.65. The highest BCUT2D eigenvalue weighted by Crippen LogP contribution is 2.13. The van der Waals surface area contributed by atoms with Crippen molar-refractivity contribution in [3.8, 4) is 0 Å². The lowest BCUT2D eigenvalue weighted by Crippen LogP contribution is -2.48. The van der Waals surface area contributed by atoms with E-state index in [1.54, 1.807) is 4.90 Å². The molecular formula is C13H24N2O5. The number of aliphatic carboxylic acids is 1. The first kappa shape index (κ1) is 16.7. The topological polar surface area (TPSA) is 99.1 Å². The minimum atomic E-state index is -1.43. The van der Waals surface area contributed by atoms with Crippen molar-refractivity contribution in [1.82, 2.24) is 10.2 Å². The van der Waals surface area contributed by atoms with E-state index in [4.69, 9.17) is 14.9 Å². The third kappa shape index (κ3) is 5.75. The standard InChI is InChI=1S/C13H24N2O5/c1-2-8-20-10-4-3-7-15(9-10)13(19)14-6-5-11(16)12(17)18/h10-11,16H,2-9H2,1H3,(H,14,19)(H,17,18)/t10?,11-/m0/s1. The van der Waals surface area contributed by atoms with Gasteiger partial charge in [0, 0.05) is 32.7 Å². The Morgan fingerprint density at radius 3 is 2.90 bits per heavy atom. The first-order valence-electron chi connectivity index (χ1n) is 7.09. The summed E-state index contributed by atoms with van der Waals surface area (Å²) in [7, 11) is 0. The molecule has 2 atom stereocenters. The van der Waals surface area contributed by atoms with Crippen LogP contribution in [0.25, 0.3) is 0 Å². The number of piperidine rings is 1. The highest BCUT2D eigenvalue weighted by atomic mass is 16.5. The number of likely N-dealkylation sites (tertiary alicyclic amines) is 1. The number of amides is 2. The third-order valence-corrected chi connectivity index (χ3v) is 3.20. The molecule has 1 heterocycles. The smallest absolute Gasteiger partial charge is 0.332 e. The third-order valence-electron chi connectivity index (χ3n) is 3.20. The summed E-state index contributed by atoms with van der Waals surface area (Å²) in [6.45, 7) is 4.13. The molecule has 1 saturated heterocycles. The van der Waals surface area contributed by atoms with Crippen LogP contribution in [0.3, 0.4) is 0 Å². The van der Waals surface area contributed by atoms with E-state index in [1.807, 2.05) is 6.92 Å². The van der Waals surface area contributed by atoms with Gasteiger partial charge in [-0.25, -0.2) is 9.59 Å². The van der Waals surface area contributed by atoms with E-state index in [9.17, 15) is 9.59 Å². The first-order chi connectivity index (χ1) is 9.54. The Hall–Kier alpha value is -1.34. The summed E-state index contributed by atoms with van der Waals surface area (Å²) in [4.78, 5) is 24.0. The summed E-state index contributed by atoms with van der Waals surface area (Å²) in [6, 6.07) is -0.229. The molecule has 116 valence electrons. The van der Waals surface area contributed by atoms with Gasteiger partial charge in [0.1, 0.15) is 0 Å². The lowest BCUT2D eigenvalue weighted by atomic mass is 10.1. The molecule has 0 saturated carbocycles. The number of hydrogen-bond acceptors (Lipinski definition) is 4. The van der Waals surface area contributed by atoms with Gasteiger partial charge in [-0.05, 0) is 19.3 Å². The molecule has 1 unspecified atom stereocenters. The number of urea groups is 1. The van der Waals surface area contributed by atoms with Gasteiger partial charge in [-0.1, -0.05) is 6.92 Å². The van der Waals surface area contributed by atoms with Crippen LogP contribution in [0, 0.1) is 0 Å². The Balaban J connectivity index is 2.26. The number of rotatable bonds is 7. The molecule has 0 radical (unpaired) electrons. The maximum atomic E-state index is 11.9. The molecule has 0 spiro atoms. The molecule has 1 aliphatic rings. The Morgan fingerprint density at radius 1 is 1.50 bits per heavy atom. The fourth-order valence-electron chi connectivity index (χ4n) is 2.09. The molecule has 7 nitrogen and oxygen atoms in total. The predicted molar refractivity (Wildman–Crippen MR) is 72.5 cm³/mol. The number of ether oxygens (including phenoxy) is 1. The zero-order valence-electron chi connectivity index (χ0n) is 11.9. The van der Waals surface area contributed by atoms with Crippen LogP contribution in [-0.4, -0.2) is 65.6 Å². The number of carbonyl (C=O) groups excluding carboxylic acids is 1. The Labute approximate surface area is 118 Å². The second-order valence-corrected chi connectivity index (χ2v) is 4.96. The van der Waals surface area contributed by atoms with Crippen LogP contribution in [0.15, 0.2) is 0 Å². The zero-order valence-corrected chi connectivity index (χ0v) is 11.9. The minimum absolute atomic E-state index is 0.00464. The predicted octanol–water partition coefficient (Wildman–Crippen LogP) is 0.423. The van der Waals surface area contributed by atoms with Crippen LogP contribution >= 0.6 is 0 Å². The minimum Gasteiger partial charge on any atom is -0.479 e. The van der Waals surface area contributed by atoms with Gasteiger partial charge >= 0.3 is 12.0 Å². The molecule has 1 rings (SSSR count). The van der Waals surface area contributed by atoms with Gasteiger partial charge in [0.25, 0.3) is 0 Å². The van der Waals surface area contributed by atoms with Gasteiger partial charge in [0.15, 0.2) is 6.10 Å². The van der Waals surface area contributed by atoms with Crippen LogP contribution < -0.4 is 5.32 Å². The van der Waals surface area contributed by atoms with Crippen LogP contribution in [-0.2, 0) is 9.53 Å². The lowest BCUT2D eigenvalue weighted by molar-refractivity contribution is -0.146. The number of carboxylic acid groups (broad SMARTS) is 1.